The number of nitrogens with two attached hydrogens (primary N) is 1. The molecule has 2 fully saturated rings. The van der Waals surface area contributed by atoms with Crippen LogP contribution in [-0.2, 0) is 4.74 Å². The number of piperidine rings is 1. The van der Waals surface area contributed by atoms with Crippen LogP contribution in [0.1, 0.15) is 12.8 Å². The van der Waals surface area contributed by atoms with Gasteiger partial charge in [-0.3, -0.25) is 0 Å². The molecule has 0 bridgehead atoms. The zero-order valence-corrected chi connectivity index (χ0v) is 5.68. The van der Waals surface area contributed by atoms with E-state index in [4.69, 9.17) is 4.74 Å². The lowest BCUT2D eigenvalue weighted by atomic mass is 9.95. The molecule has 0 radical (unpaired) electrons. The summed E-state index contributed by atoms with van der Waals surface area (Å²) in [6.07, 6.45) is 3.42. The fourth-order valence-corrected chi connectivity index (χ4v) is 1.65. The smallest absolute Gasteiger partial charge is 0.0842 e. The van der Waals surface area contributed by atoms with E-state index in [1.54, 1.807) is 0 Å². The van der Waals surface area contributed by atoms with Crippen LogP contribution in [0.2, 0.25) is 0 Å². The number of hydrogen-bond acceptors (Lipinski definition) is 1. The number of rotatable bonds is 1. The van der Waals surface area contributed by atoms with Crippen LogP contribution in [0, 0.1) is 5.92 Å². The first-order valence-corrected chi connectivity index (χ1v) is 3.90. The largest absolute Gasteiger partial charge is 0.373 e. The van der Waals surface area contributed by atoms with Gasteiger partial charge in [0, 0.05) is 12.8 Å². The SMILES string of the molecule is C1CC(C2CO2)CC[NH2+]1. The number of ether oxygens (including phenoxy) is 1. The molecule has 2 aliphatic heterocycles. The van der Waals surface area contributed by atoms with Gasteiger partial charge in [0.15, 0.2) is 0 Å². The standard InChI is InChI=1S/C7H13NO/c1-3-8-4-2-6(1)7-5-9-7/h6-8H,1-5H2/p+1. The Labute approximate surface area is 55.6 Å². The summed E-state index contributed by atoms with van der Waals surface area (Å²) < 4.78 is 5.23. The second-order valence-electron chi connectivity index (χ2n) is 3.08. The van der Waals surface area contributed by atoms with E-state index >= 15 is 0 Å². The van der Waals surface area contributed by atoms with Crippen molar-refractivity contribution in [1.29, 1.82) is 0 Å². The van der Waals surface area contributed by atoms with E-state index in [0.29, 0.717) is 6.10 Å². The highest BCUT2D eigenvalue weighted by atomic mass is 16.6. The third-order valence-corrected chi connectivity index (χ3v) is 2.37. The van der Waals surface area contributed by atoms with E-state index in [0.717, 1.165) is 12.5 Å². The fraction of sp³-hybridized carbons (Fsp3) is 1.00. The summed E-state index contributed by atoms with van der Waals surface area (Å²) in [5.74, 6) is 0.912. The molecule has 0 saturated carbocycles. The Bertz CT molecular complexity index is 95.1. The van der Waals surface area contributed by atoms with Crippen LogP contribution in [0.3, 0.4) is 0 Å². The van der Waals surface area contributed by atoms with Gasteiger partial charge in [0.05, 0.1) is 25.8 Å². The molecule has 9 heavy (non-hydrogen) atoms. The molecule has 2 rings (SSSR count). The van der Waals surface area contributed by atoms with E-state index in [1.165, 1.54) is 25.9 Å². The molecule has 2 N–H and O–H groups in total. The Morgan fingerprint density at radius 3 is 2.44 bits per heavy atom. The van der Waals surface area contributed by atoms with E-state index in [9.17, 15) is 0 Å². The highest BCUT2D eigenvalue weighted by Gasteiger charge is 2.34. The van der Waals surface area contributed by atoms with E-state index in [1.807, 2.05) is 0 Å². The number of epoxide rings is 1. The van der Waals surface area contributed by atoms with Crippen LogP contribution in [-0.4, -0.2) is 25.8 Å². The molecule has 2 heterocycles. The van der Waals surface area contributed by atoms with E-state index < -0.39 is 0 Å². The van der Waals surface area contributed by atoms with E-state index in [-0.39, 0.29) is 0 Å². The summed E-state index contributed by atoms with van der Waals surface area (Å²) in [5.41, 5.74) is 0. The van der Waals surface area contributed by atoms with Gasteiger partial charge in [0.2, 0.25) is 0 Å². The Balaban J connectivity index is 1.80. The predicted molar refractivity (Wildman–Crippen MR) is 34.1 cm³/mol. The van der Waals surface area contributed by atoms with Crippen LogP contribution in [0.5, 0.6) is 0 Å². The van der Waals surface area contributed by atoms with Gasteiger partial charge in [0.25, 0.3) is 0 Å². The molecule has 1 atom stereocenters. The first-order valence-electron chi connectivity index (χ1n) is 3.90. The summed E-state index contributed by atoms with van der Waals surface area (Å²) in [7, 11) is 0. The van der Waals surface area contributed by atoms with Crippen molar-refractivity contribution in [3.05, 3.63) is 0 Å². The van der Waals surface area contributed by atoms with Gasteiger partial charge >= 0.3 is 0 Å². The van der Waals surface area contributed by atoms with Gasteiger partial charge in [-0.15, -0.1) is 0 Å². The molecule has 2 nitrogen and oxygen atoms in total. The van der Waals surface area contributed by atoms with Crippen molar-refractivity contribution in [1.82, 2.24) is 0 Å². The Hall–Kier alpha value is -0.0800. The monoisotopic (exact) mass is 128 g/mol. The van der Waals surface area contributed by atoms with Crippen molar-refractivity contribution in [2.75, 3.05) is 19.7 Å². The zero-order valence-electron chi connectivity index (χ0n) is 5.68. The molecule has 2 saturated heterocycles. The van der Waals surface area contributed by atoms with Crippen LogP contribution in [0.4, 0.5) is 0 Å². The average Bonchev–Trinajstić information content (AvgIpc) is 2.71. The van der Waals surface area contributed by atoms with Crippen LogP contribution >= 0.6 is 0 Å². The highest BCUT2D eigenvalue weighted by molar-refractivity contribution is 4.79. The summed E-state index contributed by atoms with van der Waals surface area (Å²) in [6, 6.07) is 0. The molecule has 0 spiro atoms. The van der Waals surface area contributed by atoms with Gasteiger partial charge in [0.1, 0.15) is 0 Å². The van der Waals surface area contributed by atoms with Crippen molar-refractivity contribution in [3.63, 3.8) is 0 Å². The molecule has 2 heteroatoms. The summed E-state index contributed by atoms with van der Waals surface area (Å²) in [5, 5.41) is 2.40. The minimum absolute atomic E-state index is 0.665. The second kappa shape index (κ2) is 2.27. The van der Waals surface area contributed by atoms with Gasteiger partial charge in [-0.05, 0) is 5.92 Å². The average molecular weight is 128 g/mol. The topological polar surface area (TPSA) is 29.1 Å². The normalized spacial score (nSPS) is 36.7. The minimum atomic E-state index is 0.665. The Morgan fingerprint density at radius 1 is 1.22 bits per heavy atom. The van der Waals surface area contributed by atoms with Gasteiger partial charge in [-0.25, -0.2) is 0 Å². The predicted octanol–water partition coefficient (Wildman–Crippen LogP) is -0.641. The lowest BCUT2D eigenvalue weighted by Gasteiger charge is -2.17. The van der Waals surface area contributed by atoms with Crippen molar-refractivity contribution in [3.8, 4) is 0 Å². The molecular formula is C7H14NO+. The Morgan fingerprint density at radius 2 is 1.89 bits per heavy atom. The summed E-state index contributed by atoms with van der Waals surface area (Å²) >= 11 is 0. The fourth-order valence-electron chi connectivity index (χ4n) is 1.65. The summed E-state index contributed by atoms with van der Waals surface area (Å²) in [6.45, 7) is 3.69. The maximum absolute atomic E-state index is 5.23. The minimum Gasteiger partial charge on any atom is -0.373 e. The van der Waals surface area contributed by atoms with Gasteiger partial charge in [-0.1, -0.05) is 0 Å². The molecule has 1 unspecified atom stereocenters. The molecule has 0 aliphatic carbocycles. The molecule has 2 aliphatic rings. The third-order valence-electron chi connectivity index (χ3n) is 2.37. The highest BCUT2D eigenvalue weighted by Crippen LogP contribution is 2.25. The van der Waals surface area contributed by atoms with Crippen molar-refractivity contribution in [2.24, 2.45) is 5.92 Å². The molecule has 0 aromatic rings. The zero-order chi connectivity index (χ0) is 6.10. The first-order chi connectivity index (χ1) is 4.47. The van der Waals surface area contributed by atoms with Crippen molar-refractivity contribution in [2.45, 2.75) is 18.9 Å². The van der Waals surface area contributed by atoms with Gasteiger partial charge < -0.3 is 10.1 Å². The molecule has 0 amide bonds. The van der Waals surface area contributed by atoms with Crippen molar-refractivity contribution < 1.29 is 10.1 Å². The maximum Gasteiger partial charge on any atom is 0.0842 e. The first kappa shape index (κ1) is 5.69. The van der Waals surface area contributed by atoms with Crippen molar-refractivity contribution >= 4 is 0 Å². The molecule has 0 aromatic heterocycles. The molecule has 0 aromatic carbocycles. The molecule has 52 valence electrons. The van der Waals surface area contributed by atoms with E-state index in [2.05, 4.69) is 5.32 Å². The lowest BCUT2D eigenvalue weighted by molar-refractivity contribution is -0.665. The Kier molecular flexibility index (Phi) is 1.44. The molecular weight excluding hydrogens is 114 g/mol. The van der Waals surface area contributed by atoms with Crippen LogP contribution in [0.25, 0.3) is 0 Å². The maximum atomic E-state index is 5.23. The number of quaternary nitrogens is 1. The second-order valence-corrected chi connectivity index (χ2v) is 3.08. The van der Waals surface area contributed by atoms with Gasteiger partial charge in [-0.2, -0.15) is 0 Å². The summed E-state index contributed by atoms with van der Waals surface area (Å²) in [4.78, 5) is 0. The number of hydrogen-bond donors (Lipinski definition) is 1. The quantitative estimate of drug-likeness (QED) is 0.467. The van der Waals surface area contributed by atoms with Crippen LogP contribution < -0.4 is 5.32 Å². The third kappa shape index (κ3) is 1.25. The van der Waals surface area contributed by atoms with Crippen LogP contribution in [0.15, 0.2) is 0 Å². The lowest BCUT2D eigenvalue weighted by Crippen LogP contribution is -2.86.